The average Bonchev–Trinajstić information content (AvgIpc) is 2.95. The number of aryl methyl sites for hydroxylation is 2. The van der Waals surface area contributed by atoms with Gasteiger partial charge in [-0.25, -0.2) is 13.1 Å². The molecule has 4 rings (SSSR count). The number of hydrogen-bond donors (Lipinski definition) is 2. The normalized spacial score (nSPS) is 19.9. The van der Waals surface area contributed by atoms with Gasteiger partial charge in [0.15, 0.2) is 0 Å². The molecule has 0 spiro atoms. The third kappa shape index (κ3) is 4.27. The van der Waals surface area contributed by atoms with Gasteiger partial charge in [0.1, 0.15) is 10.0 Å². The van der Waals surface area contributed by atoms with Crippen LogP contribution in [0.1, 0.15) is 31.4 Å². The molecule has 0 saturated heterocycles. The minimum Gasteiger partial charge on any atom is -0.382 e. The van der Waals surface area contributed by atoms with Crippen LogP contribution >= 0.6 is 23.2 Å². The maximum atomic E-state index is 12.8. The fraction of sp³-hybridized carbons (Fsp3) is 0.400. The van der Waals surface area contributed by atoms with E-state index in [-0.39, 0.29) is 22.1 Å². The first-order valence-corrected chi connectivity index (χ1v) is 12.0. The Morgan fingerprint density at radius 2 is 1.80 bits per heavy atom. The van der Waals surface area contributed by atoms with Crippen molar-refractivity contribution in [3.8, 4) is 0 Å². The summed E-state index contributed by atoms with van der Waals surface area (Å²) >= 11 is 12.2. The Labute approximate surface area is 185 Å². The van der Waals surface area contributed by atoms with Gasteiger partial charge in [0, 0.05) is 41.4 Å². The maximum Gasteiger partial charge on any atom is 0.245 e. The number of benzene rings is 1. The highest BCUT2D eigenvalue weighted by atomic mass is 35.5. The molecule has 0 radical (unpaired) electrons. The summed E-state index contributed by atoms with van der Waals surface area (Å²) in [7, 11) is -2.09. The highest BCUT2D eigenvalue weighted by Crippen LogP contribution is 2.30. The summed E-state index contributed by atoms with van der Waals surface area (Å²) in [5, 5.41) is 9.49. The molecule has 1 saturated carbocycles. The van der Waals surface area contributed by atoms with Crippen molar-refractivity contribution in [2.75, 3.05) is 5.32 Å². The van der Waals surface area contributed by atoms with Crippen molar-refractivity contribution in [2.24, 2.45) is 7.05 Å². The molecule has 1 aliphatic rings. The molecule has 160 valence electrons. The lowest BCUT2D eigenvalue weighted by Gasteiger charge is -2.30. The molecular formula is C20H23Cl2N5O2S. The summed E-state index contributed by atoms with van der Waals surface area (Å²) in [6.07, 6.45) is 4.95. The lowest BCUT2D eigenvalue weighted by molar-refractivity contribution is 0.387. The summed E-state index contributed by atoms with van der Waals surface area (Å²) in [4.78, 5) is 4.44. The first-order valence-electron chi connectivity index (χ1n) is 9.77. The van der Waals surface area contributed by atoms with Crippen LogP contribution in [-0.2, 0) is 17.1 Å². The van der Waals surface area contributed by atoms with Gasteiger partial charge in [-0.1, -0.05) is 23.2 Å². The quantitative estimate of drug-likeness (QED) is 0.584. The number of pyridine rings is 1. The Hall–Kier alpha value is -1.87. The molecule has 0 unspecified atom stereocenters. The lowest BCUT2D eigenvalue weighted by atomic mass is 9.91. The van der Waals surface area contributed by atoms with Gasteiger partial charge in [-0.3, -0.25) is 9.67 Å². The Morgan fingerprint density at radius 3 is 2.47 bits per heavy atom. The minimum atomic E-state index is -3.72. The number of aromatic nitrogens is 3. The summed E-state index contributed by atoms with van der Waals surface area (Å²) in [6.45, 7) is 1.65. The van der Waals surface area contributed by atoms with E-state index in [4.69, 9.17) is 23.2 Å². The van der Waals surface area contributed by atoms with Crippen LogP contribution in [0.3, 0.4) is 0 Å². The topological polar surface area (TPSA) is 88.9 Å². The second-order valence-electron chi connectivity index (χ2n) is 7.66. The van der Waals surface area contributed by atoms with Crippen LogP contribution in [0.15, 0.2) is 35.4 Å². The molecular weight excluding hydrogens is 445 g/mol. The molecule has 0 atom stereocenters. The molecule has 2 heterocycles. The molecule has 7 nitrogen and oxygen atoms in total. The largest absolute Gasteiger partial charge is 0.382 e. The fourth-order valence-electron chi connectivity index (χ4n) is 4.02. The monoisotopic (exact) mass is 467 g/mol. The summed E-state index contributed by atoms with van der Waals surface area (Å²) in [6, 6.07) is 7.76. The number of hydrogen-bond acceptors (Lipinski definition) is 5. The predicted octanol–water partition coefficient (Wildman–Crippen LogP) is 4.29. The van der Waals surface area contributed by atoms with Crippen LogP contribution in [0, 0.1) is 6.92 Å². The molecule has 1 fully saturated rings. The minimum absolute atomic E-state index is 0.0637. The zero-order chi connectivity index (χ0) is 21.5. The van der Waals surface area contributed by atoms with Gasteiger partial charge in [-0.15, -0.1) is 0 Å². The SMILES string of the molecule is Cc1nn(C)c(Cl)c1S(=O)(=O)N[C@H]1CC[C@@H](Nc2ccnc3cc(Cl)ccc23)CC1. The molecule has 1 aromatic carbocycles. The maximum absolute atomic E-state index is 12.8. The number of anilines is 1. The summed E-state index contributed by atoms with van der Waals surface area (Å²) in [5.41, 5.74) is 2.26. The van der Waals surface area contributed by atoms with Gasteiger partial charge < -0.3 is 5.32 Å². The van der Waals surface area contributed by atoms with Gasteiger partial charge >= 0.3 is 0 Å². The van der Waals surface area contributed by atoms with E-state index in [9.17, 15) is 8.42 Å². The first-order chi connectivity index (χ1) is 14.2. The molecule has 1 aliphatic carbocycles. The highest BCUT2D eigenvalue weighted by Gasteiger charge is 2.30. The molecule has 30 heavy (non-hydrogen) atoms. The molecule has 0 amide bonds. The Bertz CT molecular complexity index is 1190. The van der Waals surface area contributed by atoms with Crippen molar-refractivity contribution in [3.05, 3.63) is 46.3 Å². The van der Waals surface area contributed by atoms with Crippen LogP contribution in [0.5, 0.6) is 0 Å². The Kier molecular flexibility index (Phi) is 5.94. The van der Waals surface area contributed by atoms with E-state index in [2.05, 4.69) is 20.1 Å². The molecule has 2 aromatic heterocycles. The van der Waals surface area contributed by atoms with Crippen LogP contribution in [0.2, 0.25) is 10.2 Å². The standard InChI is InChI=1S/C20H23Cl2N5O2S/c1-12-19(20(22)27(2)25-12)30(28,29)26-15-6-4-14(5-7-15)24-17-9-10-23-18-11-13(21)3-8-16(17)18/h3,8-11,14-15,26H,4-7H2,1-2H3,(H,23,24)/t14-,15+. The van der Waals surface area contributed by atoms with Gasteiger partial charge in [0.05, 0.1) is 11.2 Å². The van der Waals surface area contributed by atoms with Crippen molar-refractivity contribution < 1.29 is 8.42 Å². The molecule has 2 N–H and O–H groups in total. The van der Waals surface area contributed by atoms with E-state index in [0.717, 1.165) is 42.3 Å². The second-order valence-corrected chi connectivity index (χ2v) is 10.1. The summed E-state index contributed by atoms with van der Waals surface area (Å²) < 4.78 is 29.8. The van der Waals surface area contributed by atoms with E-state index in [1.807, 2.05) is 24.3 Å². The first kappa shape index (κ1) is 21.4. The molecule has 3 aromatic rings. The third-order valence-electron chi connectivity index (χ3n) is 5.48. The van der Waals surface area contributed by atoms with E-state index >= 15 is 0 Å². The molecule has 0 aliphatic heterocycles. The highest BCUT2D eigenvalue weighted by molar-refractivity contribution is 7.89. The van der Waals surface area contributed by atoms with Crippen molar-refractivity contribution in [2.45, 2.75) is 49.6 Å². The zero-order valence-electron chi connectivity index (χ0n) is 16.7. The smallest absolute Gasteiger partial charge is 0.245 e. The summed E-state index contributed by atoms with van der Waals surface area (Å²) in [5.74, 6) is 0. The number of rotatable bonds is 5. The third-order valence-corrected chi connectivity index (χ3v) is 7.93. The number of nitrogens with one attached hydrogen (secondary N) is 2. The van der Waals surface area contributed by atoms with Crippen LogP contribution in [0.4, 0.5) is 5.69 Å². The number of fused-ring (bicyclic) bond motifs is 1. The van der Waals surface area contributed by atoms with Crippen LogP contribution in [0.25, 0.3) is 10.9 Å². The van der Waals surface area contributed by atoms with E-state index in [0.29, 0.717) is 10.7 Å². The van der Waals surface area contributed by atoms with Gasteiger partial charge in [0.25, 0.3) is 0 Å². The van der Waals surface area contributed by atoms with Gasteiger partial charge in [0.2, 0.25) is 10.0 Å². The van der Waals surface area contributed by atoms with Crippen molar-refractivity contribution in [1.82, 2.24) is 19.5 Å². The van der Waals surface area contributed by atoms with Gasteiger partial charge in [-0.05, 0) is 56.9 Å². The van der Waals surface area contributed by atoms with E-state index in [1.54, 1.807) is 20.2 Å². The molecule has 10 heteroatoms. The van der Waals surface area contributed by atoms with Gasteiger partial charge in [-0.2, -0.15) is 5.10 Å². The Balaban J connectivity index is 1.41. The van der Waals surface area contributed by atoms with Crippen LogP contribution in [-0.4, -0.2) is 35.3 Å². The van der Waals surface area contributed by atoms with Crippen molar-refractivity contribution in [1.29, 1.82) is 0 Å². The van der Waals surface area contributed by atoms with E-state index < -0.39 is 10.0 Å². The zero-order valence-corrected chi connectivity index (χ0v) is 19.0. The number of halogens is 2. The average molecular weight is 468 g/mol. The lowest BCUT2D eigenvalue weighted by Crippen LogP contribution is -2.40. The van der Waals surface area contributed by atoms with Crippen molar-refractivity contribution in [3.63, 3.8) is 0 Å². The number of nitrogens with zero attached hydrogens (tertiary/aromatic N) is 3. The molecule has 0 bridgehead atoms. The van der Waals surface area contributed by atoms with Crippen LogP contribution < -0.4 is 10.0 Å². The van der Waals surface area contributed by atoms with E-state index in [1.165, 1.54) is 4.68 Å². The second kappa shape index (κ2) is 8.34. The fourth-order valence-corrected chi connectivity index (χ4v) is 6.24. The Morgan fingerprint density at radius 1 is 1.10 bits per heavy atom. The number of sulfonamides is 1. The predicted molar refractivity (Wildman–Crippen MR) is 120 cm³/mol. The van der Waals surface area contributed by atoms with Crippen molar-refractivity contribution >= 4 is 49.8 Å².